The lowest BCUT2D eigenvalue weighted by Gasteiger charge is -2.43. The minimum absolute atomic E-state index is 0.00392. The summed E-state index contributed by atoms with van der Waals surface area (Å²) in [7, 11) is 8.00. The molecule has 2 aliphatic rings. The summed E-state index contributed by atoms with van der Waals surface area (Å²) in [6.07, 6.45) is 2.88. The van der Waals surface area contributed by atoms with Crippen LogP contribution in [0.4, 0.5) is 0 Å². The Hall–Kier alpha value is -4.20. The average Bonchev–Trinajstić information content (AvgIpc) is 3.02. The quantitative estimate of drug-likeness (QED) is 0.382. The van der Waals surface area contributed by atoms with Crippen molar-refractivity contribution in [1.82, 2.24) is 9.80 Å². The molecule has 3 aromatic rings. The number of carbonyl (C=O) groups excluding carboxylic acids is 2. The highest BCUT2D eigenvalue weighted by molar-refractivity contribution is 6.02. The topological polar surface area (TPSA) is 77.5 Å². The smallest absolute Gasteiger partial charge is 0.254 e. The number of likely N-dealkylation sites (N-methyl/N-ethyl adjacent to an activating group) is 1. The van der Waals surface area contributed by atoms with Crippen molar-refractivity contribution in [3.63, 3.8) is 0 Å². The van der Waals surface area contributed by atoms with Gasteiger partial charge in [-0.15, -0.1) is 0 Å². The van der Waals surface area contributed by atoms with Crippen LogP contribution in [0.25, 0.3) is 0 Å². The van der Waals surface area contributed by atoms with Crippen molar-refractivity contribution in [2.45, 2.75) is 31.2 Å². The summed E-state index contributed by atoms with van der Waals surface area (Å²) in [5.41, 5.74) is 3.20. The molecule has 41 heavy (non-hydrogen) atoms. The Morgan fingerprint density at radius 3 is 2.05 bits per heavy atom. The molecule has 0 unspecified atom stereocenters. The second-order valence-corrected chi connectivity index (χ2v) is 10.7. The molecule has 8 heteroatoms. The van der Waals surface area contributed by atoms with Crippen LogP contribution >= 0.6 is 0 Å². The summed E-state index contributed by atoms with van der Waals surface area (Å²) in [6.45, 7) is 1.34. The van der Waals surface area contributed by atoms with Gasteiger partial charge in [0.25, 0.3) is 5.91 Å². The zero-order chi connectivity index (χ0) is 29.1. The summed E-state index contributed by atoms with van der Waals surface area (Å²) in [6, 6.07) is 19.0. The maximum atomic E-state index is 14.5. The van der Waals surface area contributed by atoms with Gasteiger partial charge in [0.15, 0.2) is 23.0 Å². The van der Waals surface area contributed by atoms with Crippen molar-refractivity contribution in [2.24, 2.45) is 5.92 Å². The van der Waals surface area contributed by atoms with Gasteiger partial charge in [0.2, 0.25) is 5.91 Å². The van der Waals surface area contributed by atoms with E-state index in [9.17, 15) is 9.59 Å². The summed E-state index contributed by atoms with van der Waals surface area (Å²) >= 11 is 0. The van der Waals surface area contributed by atoms with Gasteiger partial charge < -0.3 is 28.7 Å². The van der Waals surface area contributed by atoms with Gasteiger partial charge in [0.1, 0.15) is 0 Å². The van der Waals surface area contributed by atoms with E-state index in [4.69, 9.17) is 18.9 Å². The molecule has 0 aromatic heterocycles. The van der Waals surface area contributed by atoms with Crippen LogP contribution in [0, 0.1) is 5.92 Å². The number of hydrogen-bond donors (Lipinski definition) is 0. The predicted octanol–water partition coefficient (Wildman–Crippen LogP) is 5.11. The lowest BCUT2D eigenvalue weighted by molar-refractivity contribution is -0.136. The van der Waals surface area contributed by atoms with Gasteiger partial charge in [0.05, 0.1) is 40.4 Å². The minimum Gasteiger partial charge on any atom is -0.493 e. The molecule has 2 amide bonds. The van der Waals surface area contributed by atoms with Crippen molar-refractivity contribution in [2.75, 3.05) is 48.6 Å². The Kier molecular flexibility index (Phi) is 8.38. The van der Waals surface area contributed by atoms with E-state index in [2.05, 4.69) is 24.3 Å². The second kappa shape index (κ2) is 12.1. The molecule has 8 nitrogen and oxygen atoms in total. The van der Waals surface area contributed by atoms with Gasteiger partial charge in [-0.25, -0.2) is 0 Å². The number of carbonyl (C=O) groups is 2. The van der Waals surface area contributed by atoms with Crippen LogP contribution in [0.15, 0.2) is 60.7 Å². The first kappa shape index (κ1) is 28.3. The zero-order valence-corrected chi connectivity index (χ0v) is 24.4. The molecule has 1 saturated heterocycles. The number of hydrogen-bond acceptors (Lipinski definition) is 6. The number of amides is 2. The van der Waals surface area contributed by atoms with Crippen LogP contribution in [0.5, 0.6) is 23.0 Å². The van der Waals surface area contributed by atoms with Gasteiger partial charge in [-0.1, -0.05) is 36.4 Å². The highest BCUT2D eigenvalue weighted by atomic mass is 16.5. The van der Waals surface area contributed by atoms with Crippen molar-refractivity contribution >= 4 is 11.8 Å². The maximum absolute atomic E-state index is 14.5. The van der Waals surface area contributed by atoms with Crippen LogP contribution in [0.2, 0.25) is 0 Å². The molecule has 0 saturated carbocycles. The molecular weight excluding hydrogens is 520 g/mol. The molecule has 3 aromatic carbocycles. The van der Waals surface area contributed by atoms with E-state index >= 15 is 0 Å². The molecule has 1 fully saturated rings. The minimum atomic E-state index is -0.642. The number of nitrogens with zero attached hydrogens (tertiary/aromatic N) is 2. The first-order valence-electron chi connectivity index (χ1n) is 14.0. The third kappa shape index (κ3) is 5.43. The molecular formula is C33H38N2O6. The van der Waals surface area contributed by atoms with Crippen molar-refractivity contribution < 1.29 is 28.5 Å². The van der Waals surface area contributed by atoms with Gasteiger partial charge in [-0.05, 0) is 66.1 Å². The summed E-state index contributed by atoms with van der Waals surface area (Å²) in [5, 5.41) is 0. The summed E-state index contributed by atoms with van der Waals surface area (Å²) in [5.74, 6) is 1.74. The molecule has 2 aliphatic heterocycles. The summed E-state index contributed by atoms with van der Waals surface area (Å²) < 4.78 is 22.1. The summed E-state index contributed by atoms with van der Waals surface area (Å²) in [4.78, 5) is 31.9. The first-order valence-corrected chi connectivity index (χ1v) is 14.0. The van der Waals surface area contributed by atoms with E-state index in [1.54, 1.807) is 45.4 Å². The van der Waals surface area contributed by atoms with Gasteiger partial charge in [-0.2, -0.15) is 0 Å². The van der Waals surface area contributed by atoms with Crippen LogP contribution in [-0.2, 0) is 11.2 Å². The fourth-order valence-electron chi connectivity index (χ4n) is 6.27. The number of fused-ring (bicyclic) bond motifs is 1. The zero-order valence-electron chi connectivity index (χ0n) is 24.4. The highest BCUT2D eigenvalue weighted by Gasteiger charge is 2.45. The number of ether oxygens (including phenoxy) is 4. The van der Waals surface area contributed by atoms with E-state index < -0.39 is 12.0 Å². The average molecular weight is 559 g/mol. The number of piperidine rings is 1. The number of rotatable bonds is 8. The molecule has 0 radical (unpaired) electrons. The van der Waals surface area contributed by atoms with Crippen LogP contribution in [0.3, 0.4) is 0 Å². The number of likely N-dealkylation sites (tertiary alicyclic amines) is 1. The Bertz CT molecular complexity index is 1400. The van der Waals surface area contributed by atoms with E-state index in [1.807, 2.05) is 29.2 Å². The van der Waals surface area contributed by atoms with Crippen LogP contribution in [0.1, 0.15) is 51.8 Å². The fourth-order valence-corrected chi connectivity index (χ4v) is 6.27. The highest BCUT2D eigenvalue weighted by Crippen LogP contribution is 2.47. The Balaban J connectivity index is 1.52. The molecule has 2 heterocycles. The van der Waals surface area contributed by atoms with E-state index in [-0.39, 0.29) is 11.8 Å². The van der Waals surface area contributed by atoms with Crippen LogP contribution in [-0.4, -0.2) is 70.2 Å². The maximum Gasteiger partial charge on any atom is 0.254 e. The monoisotopic (exact) mass is 558 g/mol. The third-order valence-corrected chi connectivity index (χ3v) is 8.48. The Morgan fingerprint density at radius 2 is 1.41 bits per heavy atom. The Labute approximate surface area is 241 Å². The van der Waals surface area contributed by atoms with Crippen LogP contribution < -0.4 is 18.9 Å². The third-order valence-electron chi connectivity index (χ3n) is 8.48. The Morgan fingerprint density at radius 1 is 0.805 bits per heavy atom. The van der Waals surface area contributed by atoms with E-state index in [0.29, 0.717) is 53.1 Å². The standard InChI is InChI=1S/C33H38N2O6/c1-34-31(23-11-12-26(38-2)27(18-23)39-3)30(24-19-28(40-4)29(41-5)20-25(24)32(34)36)33(37)35-15-13-22(14-16-35)17-21-9-7-6-8-10-21/h6-12,18-20,22,30-31H,13-17H2,1-5H3/t30-,31+/m0/s1. The SMILES string of the molecule is COc1ccc([C@@H]2[C@@H](C(=O)N3CCC(Cc4ccccc4)CC3)c3cc(OC)c(OC)cc3C(=O)N2C)cc1OC. The lowest BCUT2D eigenvalue weighted by atomic mass is 9.78. The van der Waals surface area contributed by atoms with Gasteiger partial charge >= 0.3 is 0 Å². The number of benzene rings is 3. The predicted molar refractivity (Wildman–Crippen MR) is 156 cm³/mol. The van der Waals surface area contributed by atoms with Gasteiger partial charge in [0, 0.05) is 25.7 Å². The molecule has 0 spiro atoms. The molecule has 0 aliphatic carbocycles. The molecule has 0 N–H and O–H groups in total. The largest absolute Gasteiger partial charge is 0.493 e. The molecule has 0 bridgehead atoms. The lowest BCUT2D eigenvalue weighted by Crippen LogP contribution is -2.48. The van der Waals surface area contributed by atoms with Gasteiger partial charge in [-0.3, -0.25) is 9.59 Å². The molecule has 216 valence electrons. The fraction of sp³-hybridized carbons (Fsp3) is 0.394. The first-order chi connectivity index (χ1) is 19.9. The van der Waals surface area contributed by atoms with Crippen molar-refractivity contribution in [1.29, 1.82) is 0 Å². The van der Waals surface area contributed by atoms with E-state index in [1.165, 1.54) is 12.7 Å². The molecule has 2 atom stereocenters. The normalized spacial score (nSPS) is 19.0. The second-order valence-electron chi connectivity index (χ2n) is 10.7. The van der Waals surface area contributed by atoms with Crippen molar-refractivity contribution in [3.8, 4) is 23.0 Å². The number of methoxy groups -OCH3 is 4. The van der Waals surface area contributed by atoms with E-state index in [0.717, 1.165) is 24.8 Å². The molecule has 5 rings (SSSR count). The van der Waals surface area contributed by atoms with Crippen molar-refractivity contribution in [3.05, 3.63) is 82.9 Å².